The number of nitrogens with zero attached hydrogens (tertiary/aromatic N) is 2. The lowest BCUT2D eigenvalue weighted by Gasteiger charge is -2.25. The zero-order valence-electron chi connectivity index (χ0n) is 19.2. The van der Waals surface area contributed by atoms with Gasteiger partial charge in [-0.25, -0.2) is 8.42 Å². The molecule has 0 bridgehead atoms. The summed E-state index contributed by atoms with van der Waals surface area (Å²) in [4.78, 5) is 14.8. The van der Waals surface area contributed by atoms with E-state index in [-0.39, 0.29) is 17.3 Å². The monoisotopic (exact) mass is 504 g/mol. The molecule has 0 unspecified atom stereocenters. The molecule has 0 heterocycles. The molecule has 5 nitrogen and oxygen atoms in total. The van der Waals surface area contributed by atoms with Gasteiger partial charge in [0.05, 0.1) is 17.1 Å². The van der Waals surface area contributed by atoms with E-state index in [1.807, 2.05) is 18.2 Å². The maximum absolute atomic E-state index is 13.5. The Kier molecular flexibility index (Phi) is 7.54. The highest BCUT2D eigenvalue weighted by molar-refractivity contribution is 7.92. The SMILES string of the molecule is CN(Cc1ccc(Cl)cc1)C(=O)c1ccc(CN(c2ccccc2)S(=O)(=O)c2ccccc2)cc1. The molecule has 0 aliphatic carbocycles. The molecule has 7 heteroatoms. The van der Waals surface area contributed by atoms with Crippen molar-refractivity contribution in [3.05, 3.63) is 131 Å². The third kappa shape index (κ3) is 5.91. The summed E-state index contributed by atoms with van der Waals surface area (Å²) in [6.45, 7) is 0.588. The van der Waals surface area contributed by atoms with E-state index in [0.717, 1.165) is 11.1 Å². The van der Waals surface area contributed by atoms with Crippen LogP contribution in [-0.2, 0) is 23.1 Å². The lowest BCUT2D eigenvalue weighted by Crippen LogP contribution is -2.30. The summed E-state index contributed by atoms with van der Waals surface area (Å²) in [5.74, 6) is -0.122. The predicted octanol–water partition coefficient (Wildman–Crippen LogP) is 6.01. The van der Waals surface area contributed by atoms with Crippen LogP contribution in [0.2, 0.25) is 5.02 Å². The number of carbonyl (C=O) groups excluding carboxylic acids is 1. The highest BCUT2D eigenvalue weighted by Crippen LogP contribution is 2.26. The molecule has 0 radical (unpaired) electrons. The molecule has 0 N–H and O–H groups in total. The van der Waals surface area contributed by atoms with Crippen molar-refractivity contribution in [1.82, 2.24) is 4.90 Å². The number of sulfonamides is 1. The third-order valence-electron chi connectivity index (χ3n) is 5.58. The van der Waals surface area contributed by atoms with Crippen LogP contribution in [0.3, 0.4) is 0 Å². The first-order valence-electron chi connectivity index (χ1n) is 11.1. The predicted molar refractivity (Wildman–Crippen MR) is 140 cm³/mol. The second kappa shape index (κ2) is 10.8. The lowest BCUT2D eigenvalue weighted by atomic mass is 10.1. The van der Waals surface area contributed by atoms with Crippen LogP contribution < -0.4 is 4.31 Å². The van der Waals surface area contributed by atoms with E-state index < -0.39 is 10.0 Å². The van der Waals surface area contributed by atoms with Crippen LogP contribution in [0.15, 0.2) is 114 Å². The zero-order chi connectivity index (χ0) is 24.8. The Hall–Kier alpha value is -3.61. The number of amides is 1. The molecule has 0 aliphatic rings. The Balaban J connectivity index is 1.54. The first kappa shape index (κ1) is 24.5. The van der Waals surface area contributed by atoms with Gasteiger partial charge in [-0.2, -0.15) is 0 Å². The van der Waals surface area contributed by atoms with Gasteiger partial charge in [-0.1, -0.05) is 72.3 Å². The first-order chi connectivity index (χ1) is 16.8. The van der Waals surface area contributed by atoms with Gasteiger partial charge in [0.15, 0.2) is 0 Å². The Morgan fingerprint density at radius 3 is 1.83 bits per heavy atom. The fourth-order valence-corrected chi connectivity index (χ4v) is 5.30. The Bertz CT molecular complexity index is 1380. The van der Waals surface area contributed by atoms with Gasteiger partial charge in [-0.05, 0) is 59.7 Å². The average Bonchev–Trinajstić information content (AvgIpc) is 2.89. The molecule has 0 aliphatic heterocycles. The van der Waals surface area contributed by atoms with E-state index in [4.69, 9.17) is 11.6 Å². The van der Waals surface area contributed by atoms with Crippen molar-refractivity contribution < 1.29 is 13.2 Å². The van der Waals surface area contributed by atoms with Crippen molar-refractivity contribution in [3.63, 3.8) is 0 Å². The second-order valence-electron chi connectivity index (χ2n) is 8.14. The quantitative estimate of drug-likeness (QED) is 0.295. The van der Waals surface area contributed by atoms with Crippen molar-refractivity contribution >= 4 is 33.2 Å². The number of rotatable bonds is 8. The van der Waals surface area contributed by atoms with Crippen molar-refractivity contribution in [2.24, 2.45) is 0 Å². The molecule has 0 spiro atoms. The van der Waals surface area contributed by atoms with E-state index in [1.165, 1.54) is 4.31 Å². The topological polar surface area (TPSA) is 57.7 Å². The van der Waals surface area contributed by atoms with Gasteiger partial charge in [0.2, 0.25) is 0 Å². The molecular formula is C28H25ClN2O3S. The van der Waals surface area contributed by atoms with Crippen molar-refractivity contribution in [1.29, 1.82) is 0 Å². The summed E-state index contributed by atoms with van der Waals surface area (Å²) < 4.78 is 28.3. The molecule has 0 fully saturated rings. The highest BCUT2D eigenvalue weighted by Gasteiger charge is 2.25. The van der Waals surface area contributed by atoms with Crippen molar-refractivity contribution in [3.8, 4) is 0 Å². The van der Waals surface area contributed by atoms with Crippen LogP contribution in [0.4, 0.5) is 5.69 Å². The lowest BCUT2D eigenvalue weighted by molar-refractivity contribution is 0.0785. The summed E-state index contributed by atoms with van der Waals surface area (Å²) in [7, 11) is -2.04. The van der Waals surface area contributed by atoms with E-state index in [9.17, 15) is 13.2 Å². The minimum Gasteiger partial charge on any atom is -0.337 e. The van der Waals surface area contributed by atoms with Gasteiger partial charge in [0, 0.05) is 24.2 Å². The molecule has 178 valence electrons. The van der Waals surface area contributed by atoms with Gasteiger partial charge in [0.1, 0.15) is 0 Å². The van der Waals surface area contributed by atoms with E-state index in [2.05, 4.69) is 0 Å². The fraction of sp³-hybridized carbons (Fsp3) is 0.107. The number of hydrogen-bond donors (Lipinski definition) is 0. The Morgan fingerprint density at radius 1 is 0.714 bits per heavy atom. The third-order valence-corrected chi connectivity index (χ3v) is 7.62. The van der Waals surface area contributed by atoms with Crippen LogP contribution in [-0.4, -0.2) is 26.3 Å². The maximum Gasteiger partial charge on any atom is 0.264 e. The summed E-state index contributed by atoms with van der Waals surface area (Å²) in [6.07, 6.45) is 0. The largest absolute Gasteiger partial charge is 0.337 e. The molecule has 0 aromatic heterocycles. The van der Waals surface area contributed by atoms with Gasteiger partial charge in [-0.3, -0.25) is 9.10 Å². The van der Waals surface area contributed by atoms with Crippen molar-refractivity contribution in [2.45, 2.75) is 18.0 Å². The summed E-state index contributed by atoms with van der Waals surface area (Å²) in [5, 5.41) is 0.650. The molecule has 4 aromatic rings. The number of hydrogen-bond acceptors (Lipinski definition) is 3. The van der Waals surface area contributed by atoms with Crippen molar-refractivity contribution in [2.75, 3.05) is 11.4 Å². The minimum atomic E-state index is -3.78. The van der Waals surface area contributed by atoms with Gasteiger partial charge >= 0.3 is 0 Å². The molecule has 4 aromatic carbocycles. The van der Waals surface area contributed by atoms with Gasteiger partial charge < -0.3 is 4.90 Å². The molecule has 0 saturated heterocycles. The summed E-state index contributed by atoms with van der Waals surface area (Å²) >= 11 is 5.94. The minimum absolute atomic E-state index is 0.122. The molecule has 35 heavy (non-hydrogen) atoms. The van der Waals surface area contributed by atoms with Crippen LogP contribution in [0.25, 0.3) is 0 Å². The van der Waals surface area contributed by atoms with Gasteiger partial charge in [0.25, 0.3) is 15.9 Å². The standard InChI is InChI=1S/C28H25ClN2O3S/c1-30(20-22-14-18-25(29)19-15-22)28(32)24-16-12-23(13-17-24)21-31(26-8-4-2-5-9-26)35(33,34)27-10-6-3-7-11-27/h2-19H,20-21H2,1H3. The Morgan fingerprint density at radius 2 is 1.23 bits per heavy atom. The van der Waals surface area contributed by atoms with Crippen LogP contribution in [0.1, 0.15) is 21.5 Å². The van der Waals surface area contributed by atoms with E-state index in [0.29, 0.717) is 22.8 Å². The first-order valence-corrected chi connectivity index (χ1v) is 12.9. The highest BCUT2D eigenvalue weighted by atomic mass is 35.5. The van der Waals surface area contributed by atoms with Crippen LogP contribution >= 0.6 is 11.6 Å². The molecule has 1 amide bonds. The molecule has 4 rings (SSSR count). The Labute approximate surface area is 211 Å². The molecule has 0 saturated carbocycles. The maximum atomic E-state index is 13.5. The van der Waals surface area contributed by atoms with E-state index >= 15 is 0 Å². The average molecular weight is 505 g/mol. The van der Waals surface area contributed by atoms with Gasteiger partial charge in [-0.15, -0.1) is 0 Å². The summed E-state index contributed by atoms with van der Waals surface area (Å²) in [6, 6.07) is 31.8. The number of carbonyl (C=O) groups is 1. The number of anilines is 1. The number of benzene rings is 4. The zero-order valence-corrected chi connectivity index (χ0v) is 20.8. The fourth-order valence-electron chi connectivity index (χ4n) is 3.70. The van der Waals surface area contributed by atoms with E-state index in [1.54, 1.807) is 103 Å². The number of halogens is 1. The van der Waals surface area contributed by atoms with Crippen LogP contribution in [0.5, 0.6) is 0 Å². The molecule has 0 atom stereocenters. The number of para-hydroxylation sites is 1. The molecular weight excluding hydrogens is 480 g/mol. The normalized spacial score (nSPS) is 11.1. The van der Waals surface area contributed by atoms with Crippen LogP contribution in [0, 0.1) is 0 Å². The smallest absolute Gasteiger partial charge is 0.264 e. The second-order valence-corrected chi connectivity index (χ2v) is 10.4. The summed E-state index contributed by atoms with van der Waals surface area (Å²) in [5.41, 5.74) is 2.85.